The summed E-state index contributed by atoms with van der Waals surface area (Å²) in [4.78, 5) is 15.7. The lowest BCUT2D eigenvalue weighted by Crippen LogP contribution is -2.40. The van der Waals surface area contributed by atoms with Gasteiger partial charge in [-0.3, -0.25) is 9.69 Å². The summed E-state index contributed by atoms with van der Waals surface area (Å²) in [6, 6.07) is 27.0. The fourth-order valence-electron chi connectivity index (χ4n) is 4.17. The highest BCUT2D eigenvalue weighted by atomic mass is 16.2. The highest BCUT2D eigenvalue weighted by Crippen LogP contribution is 2.41. The number of nitrogens with zero attached hydrogens (tertiary/aromatic N) is 1. The van der Waals surface area contributed by atoms with E-state index in [4.69, 9.17) is 0 Å². The van der Waals surface area contributed by atoms with Crippen molar-refractivity contribution in [1.82, 2.24) is 0 Å². The van der Waals surface area contributed by atoms with Crippen LogP contribution in [0.2, 0.25) is 0 Å². The third-order valence-electron chi connectivity index (χ3n) is 5.55. The van der Waals surface area contributed by atoms with Crippen molar-refractivity contribution in [1.29, 1.82) is 0 Å². The van der Waals surface area contributed by atoms with Gasteiger partial charge in [0, 0.05) is 5.92 Å². The molecule has 0 aromatic heterocycles. The summed E-state index contributed by atoms with van der Waals surface area (Å²) in [7, 11) is 0. The highest BCUT2D eigenvalue weighted by Gasteiger charge is 2.35. The van der Waals surface area contributed by atoms with Crippen LogP contribution in [-0.2, 0) is 23.1 Å². The van der Waals surface area contributed by atoms with Gasteiger partial charge in [-0.1, -0.05) is 87.5 Å². The average molecular weight is 370 g/mol. The maximum Gasteiger partial charge on any atom is 0.235 e. The Morgan fingerprint density at radius 1 is 0.821 bits per heavy atom. The molecule has 0 aliphatic carbocycles. The van der Waals surface area contributed by atoms with Gasteiger partial charge in [0.05, 0.1) is 11.4 Å². The van der Waals surface area contributed by atoms with E-state index in [0.29, 0.717) is 0 Å². The number of carbonyl (C=O) groups excluding carboxylic acids is 1. The van der Waals surface area contributed by atoms with Crippen LogP contribution in [0.3, 0.4) is 0 Å². The zero-order valence-electron chi connectivity index (χ0n) is 16.9. The molecule has 1 aliphatic heterocycles. The number of para-hydroxylation sites is 2. The quantitative estimate of drug-likeness (QED) is 0.549. The minimum Gasteiger partial charge on any atom is -0.280 e. The van der Waals surface area contributed by atoms with Gasteiger partial charge in [0.1, 0.15) is 0 Å². The van der Waals surface area contributed by atoms with Gasteiger partial charge in [0.2, 0.25) is 5.91 Å². The van der Waals surface area contributed by atoms with Crippen molar-refractivity contribution in [3.63, 3.8) is 0 Å². The Morgan fingerprint density at radius 3 is 2.14 bits per heavy atom. The molecule has 1 heterocycles. The third kappa shape index (κ3) is 3.47. The third-order valence-corrected chi connectivity index (χ3v) is 5.55. The van der Waals surface area contributed by atoms with E-state index in [-0.39, 0.29) is 17.2 Å². The van der Waals surface area contributed by atoms with Crippen LogP contribution >= 0.6 is 0 Å². The summed E-state index contributed by atoms with van der Waals surface area (Å²) in [5.74, 6) is 0.143. The maximum atomic E-state index is 13.7. The molecule has 1 aliphatic rings. The molecule has 2 heteroatoms. The molecule has 3 aromatic carbocycles. The predicted octanol–water partition coefficient (Wildman–Crippen LogP) is 6.06. The van der Waals surface area contributed by atoms with Crippen molar-refractivity contribution in [2.75, 3.05) is 4.90 Å². The molecular weight excluding hydrogens is 342 g/mol. The molecule has 0 fully saturated rings. The molecule has 1 amide bonds. The Balaban J connectivity index is 1.81. The molecule has 4 rings (SSSR count). The first kappa shape index (κ1) is 18.5. The van der Waals surface area contributed by atoms with E-state index in [1.807, 2.05) is 35.2 Å². The van der Waals surface area contributed by atoms with Crippen LogP contribution in [0.25, 0.3) is 0 Å². The average Bonchev–Trinajstić information content (AvgIpc) is 2.69. The van der Waals surface area contributed by atoms with Gasteiger partial charge in [0.15, 0.2) is 0 Å². The highest BCUT2D eigenvalue weighted by molar-refractivity contribution is 6.05. The molecule has 0 spiro atoms. The van der Waals surface area contributed by atoms with Crippen LogP contribution in [0.1, 0.15) is 37.5 Å². The number of hydrogen-bond donors (Lipinski definition) is 0. The minimum atomic E-state index is -0.0506. The fraction of sp³-hybridized carbons (Fsp3) is 0.269. The summed E-state index contributed by atoms with van der Waals surface area (Å²) in [6.45, 7) is 6.61. The molecule has 2 nitrogen and oxygen atoms in total. The summed E-state index contributed by atoms with van der Waals surface area (Å²) in [5.41, 5.74) is 5.63. The standard InChI is InChI=1S/C26H27NO/c1-26(2,3)22-14-8-10-16-24(22)27-23-15-9-7-13-20(23)18-21(25(27)28)17-19-11-5-4-6-12-19/h4-16,21H,17-18H2,1-3H3/t21-/m1/s1. The van der Waals surface area contributed by atoms with Gasteiger partial charge in [-0.25, -0.2) is 0 Å². The van der Waals surface area contributed by atoms with Crippen LogP contribution in [0.15, 0.2) is 78.9 Å². The molecule has 0 N–H and O–H groups in total. The monoisotopic (exact) mass is 369 g/mol. The summed E-state index contributed by atoms with van der Waals surface area (Å²) in [5, 5.41) is 0. The van der Waals surface area contributed by atoms with E-state index in [0.717, 1.165) is 24.2 Å². The zero-order valence-corrected chi connectivity index (χ0v) is 16.9. The van der Waals surface area contributed by atoms with Crippen molar-refractivity contribution < 1.29 is 4.79 Å². The molecule has 0 saturated carbocycles. The van der Waals surface area contributed by atoms with E-state index in [1.165, 1.54) is 16.7 Å². The van der Waals surface area contributed by atoms with Crippen LogP contribution in [-0.4, -0.2) is 5.91 Å². The number of amides is 1. The van der Waals surface area contributed by atoms with Crippen molar-refractivity contribution >= 4 is 17.3 Å². The van der Waals surface area contributed by atoms with Crippen molar-refractivity contribution in [2.45, 2.75) is 39.0 Å². The van der Waals surface area contributed by atoms with Gasteiger partial charge in [-0.2, -0.15) is 0 Å². The van der Waals surface area contributed by atoms with Crippen LogP contribution < -0.4 is 4.90 Å². The van der Waals surface area contributed by atoms with Crippen molar-refractivity contribution in [3.05, 3.63) is 95.6 Å². The van der Waals surface area contributed by atoms with E-state index < -0.39 is 0 Å². The van der Waals surface area contributed by atoms with E-state index in [2.05, 4.69) is 69.3 Å². The first-order valence-corrected chi connectivity index (χ1v) is 10.0. The number of rotatable bonds is 3. The van der Waals surface area contributed by atoms with Crippen LogP contribution in [0.5, 0.6) is 0 Å². The number of benzene rings is 3. The fourth-order valence-corrected chi connectivity index (χ4v) is 4.17. The largest absolute Gasteiger partial charge is 0.280 e. The molecule has 0 radical (unpaired) electrons. The Hall–Kier alpha value is -2.87. The second-order valence-corrected chi connectivity index (χ2v) is 8.66. The van der Waals surface area contributed by atoms with Gasteiger partial charge in [-0.05, 0) is 47.1 Å². The molecular formula is C26H27NO. The molecule has 28 heavy (non-hydrogen) atoms. The number of carbonyl (C=O) groups is 1. The number of hydrogen-bond acceptors (Lipinski definition) is 1. The Labute approximate surface area is 167 Å². The van der Waals surface area contributed by atoms with Crippen molar-refractivity contribution in [3.8, 4) is 0 Å². The smallest absolute Gasteiger partial charge is 0.235 e. The molecule has 142 valence electrons. The second-order valence-electron chi connectivity index (χ2n) is 8.66. The zero-order chi connectivity index (χ0) is 19.7. The molecule has 3 aromatic rings. The van der Waals surface area contributed by atoms with E-state index in [1.54, 1.807) is 0 Å². The molecule has 1 atom stereocenters. The Kier molecular flexibility index (Phi) is 4.80. The summed E-state index contributed by atoms with van der Waals surface area (Å²) >= 11 is 0. The molecule has 0 saturated heterocycles. The maximum absolute atomic E-state index is 13.7. The number of fused-ring (bicyclic) bond motifs is 1. The predicted molar refractivity (Wildman–Crippen MR) is 116 cm³/mol. The SMILES string of the molecule is CC(C)(C)c1ccccc1N1C(=O)[C@H](Cc2ccccc2)Cc2ccccc21. The molecule has 0 bridgehead atoms. The second kappa shape index (κ2) is 7.27. The van der Waals surface area contributed by atoms with Crippen molar-refractivity contribution in [2.24, 2.45) is 5.92 Å². The van der Waals surface area contributed by atoms with Gasteiger partial charge in [-0.15, -0.1) is 0 Å². The Morgan fingerprint density at radius 2 is 1.43 bits per heavy atom. The van der Waals surface area contributed by atoms with Gasteiger partial charge in [0.25, 0.3) is 0 Å². The van der Waals surface area contributed by atoms with Gasteiger partial charge < -0.3 is 0 Å². The van der Waals surface area contributed by atoms with Crippen LogP contribution in [0, 0.1) is 5.92 Å². The first-order valence-electron chi connectivity index (χ1n) is 10.0. The minimum absolute atomic E-state index is 0.0435. The van der Waals surface area contributed by atoms with Gasteiger partial charge >= 0.3 is 0 Å². The lowest BCUT2D eigenvalue weighted by molar-refractivity contribution is -0.122. The van der Waals surface area contributed by atoms with E-state index in [9.17, 15) is 4.79 Å². The summed E-state index contributed by atoms with van der Waals surface area (Å²) in [6.07, 6.45) is 1.56. The Bertz CT molecular complexity index is 985. The normalized spacial score (nSPS) is 16.8. The van der Waals surface area contributed by atoms with E-state index >= 15 is 0 Å². The summed E-state index contributed by atoms with van der Waals surface area (Å²) < 4.78 is 0. The van der Waals surface area contributed by atoms with Crippen LogP contribution in [0.4, 0.5) is 11.4 Å². The lowest BCUT2D eigenvalue weighted by atomic mass is 9.83. The lowest BCUT2D eigenvalue weighted by Gasteiger charge is -2.37. The number of anilines is 2. The first-order chi connectivity index (χ1) is 13.4. The topological polar surface area (TPSA) is 20.3 Å². The molecule has 0 unspecified atom stereocenters.